The molecule has 12 heteroatoms. The Morgan fingerprint density at radius 2 is 1.51 bits per heavy atom. The number of carbonyl (C=O) groups is 4. The Morgan fingerprint density at radius 1 is 0.923 bits per heavy atom. The summed E-state index contributed by atoms with van der Waals surface area (Å²) in [6.07, 6.45) is -1.15. The van der Waals surface area contributed by atoms with Gasteiger partial charge in [0.2, 0.25) is 11.4 Å². The molecule has 2 aliphatic carbocycles. The van der Waals surface area contributed by atoms with Crippen LogP contribution in [0.5, 0.6) is 0 Å². The maximum atomic E-state index is 14.5. The van der Waals surface area contributed by atoms with Crippen LogP contribution in [0.15, 0.2) is 30.3 Å². The highest BCUT2D eigenvalue weighted by Gasteiger charge is 2.64. The number of amides is 4. The van der Waals surface area contributed by atoms with E-state index in [0.29, 0.717) is 44.1 Å². The van der Waals surface area contributed by atoms with E-state index in [-0.39, 0.29) is 12.6 Å². The first-order valence-electron chi connectivity index (χ1n) is 13.3. The summed E-state index contributed by atoms with van der Waals surface area (Å²) in [6, 6.07) is 6.62. The molecule has 2 N–H and O–H groups in total. The van der Waals surface area contributed by atoms with Gasteiger partial charge in [-0.3, -0.25) is 15.0 Å². The molecular formula is C27H36F3N3O6. The molecule has 2 aliphatic rings. The number of nitrogens with one attached hydrogen (secondary N) is 2. The van der Waals surface area contributed by atoms with Crippen LogP contribution in [0.4, 0.5) is 22.8 Å². The normalized spacial score (nSPS) is 18.4. The summed E-state index contributed by atoms with van der Waals surface area (Å²) in [6.45, 7) is -0.367. The molecule has 0 saturated heterocycles. The number of hydrogen-bond acceptors (Lipinski definition) is 6. The lowest BCUT2D eigenvalue weighted by Gasteiger charge is -2.38. The fourth-order valence-corrected chi connectivity index (χ4v) is 5.19. The molecule has 1 unspecified atom stereocenters. The molecule has 0 spiro atoms. The van der Waals surface area contributed by atoms with E-state index in [4.69, 9.17) is 4.74 Å². The van der Waals surface area contributed by atoms with E-state index in [1.807, 2.05) is 0 Å². The molecule has 0 bridgehead atoms. The Labute approximate surface area is 225 Å². The van der Waals surface area contributed by atoms with Crippen LogP contribution >= 0.6 is 0 Å². The second kappa shape index (κ2) is 13.7. The number of esters is 1. The molecule has 2 saturated carbocycles. The van der Waals surface area contributed by atoms with Crippen molar-refractivity contribution in [1.82, 2.24) is 15.5 Å². The molecule has 3 rings (SSSR count). The highest BCUT2D eigenvalue weighted by atomic mass is 19.4. The smallest absolute Gasteiger partial charge is 0.423 e. The molecule has 0 heterocycles. The summed E-state index contributed by atoms with van der Waals surface area (Å²) in [5, 5.41) is 4.36. The van der Waals surface area contributed by atoms with Crippen LogP contribution < -0.4 is 10.6 Å². The predicted octanol–water partition coefficient (Wildman–Crippen LogP) is 4.98. The number of halogens is 3. The van der Waals surface area contributed by atoms with Crippen LogP contribution in [0.3, 0.4) is 0 Å². The van der Waals surface area contributed by atoms with Crippen molar-refractivity contribution in [2.24, 2.45) is 0 Å². The average molecular weight is 556 g/mol. The van der Waals surface area contributed by atoms with Crippen molar-refractivity contribution >= 4 is 24.0 Å². The van der Waals surface area contributed by atoms with Crippen LogP contribution in [0.1, 0.15) is 76.2 Å². The largest absolute Gasteiger partial charge is 0.467 e. The van der Waals surface area contributed by atoms with Crippen molar-refractivity contribution in [1.29, 1.82) is 0 Å². The quantitative estimate of drug-likeness (QED) is 0.438. The van der Waals surface area contributed by atoms with Crippen molar-refractivity contribution in [3.63, 3.8) is 0 Å². The SMILES string of the molecule is COC(=O)C(CC(=O)N(C(=O)NC1CCCCC1)C1CCCCC1)(NC(=O)OCc1ccccc1)C(F)(F)F. The van der Waals surface area contributed by atoms with E-state index in [2.05, 4.69) is 10.1 Å². The first-order chi connectivity index (χ1) is 18.6. The lowest BCUT2D eigenvalue weighted by molar-refractivity contribution is -0.213. The zero-order valence-corrected chi connectivity index (χ0v) is 22.1. The zero-order valence-electron chi connectivity index (χ0n) is 22.1. The zero-order chi connectivity index (χ0) is 28.5. The summed E-state index contributed by atoms with van der Waals surface area (Å²) in [4.78, 5) is 52.8. The van der Waals surface area contributed by atoms with Gasteiger partial charge < -0.3 is 14.8 Å². The van der Waals surface area contributed by atoms with Crippen molar-refractivity contribution in [2.75, 3.05) is 7.11 Å². The monoisotopic (exact) mass is 555 g/mol. The Balaban J connectivity index is 1.85. The molecule has 0 aromatic heterocycles. The van der Waals surface area contributed by atoms with Gasteiger partial charge in [-0.25, -0.2) is 14.4 Å². The molecule has 1 aromatic carbocycles. The number of hydrogen-bond donors (Lipinski definition) is 2. The Kier molecular flexibility index (Phi) is 10.6. The number of methoxy groups -OCH3 is 1. The fraction of sp³-hybridized carbons (Fsp3) is 0.630. The van der Waals surface area contributed by atoms with Gasteiger partial charge in [-0.1, -0.05) is 68.9 Å². The minimum atomic E-state index is -5.44. The third-order valence-corrected chi connectivity index (χ3v) is 7.32. The maximum absolute atomic E-state index is 14.5. The van der Waals surface area contributed by atoms with Gasteiger partial charge in [-0.15, -0.1) is 0 Å². The van der Waals surface area contributed by atoms with Gasteiger partial charge in [0.05, 0.1) is 13.5 Å². The van der Waals surface area contributed by atoms with Gasteiger partial charge in [-0.05, 0) is 31.2 Å². The Hall–Kier alpha value is -3.31. The Morgan fingerprint density at radius 3 is 2.08 bits per heavy atom. The second-order valence-corrected chi connectivity index (χ2v) is 10.1. The minimum Gasteiger partial charge on any atom is -0.467 e. The van der Waals surface area contributed by atoms with E-state index in [1.54, 1.807) is 35.6 Å². The van der Waals surface area contributed by atoms with Crippen LogP contribution in [0, 0.1) is 0 Å². The van der Waals surface area contributed by atoms with Crippen molar-refractivity contribution in [3.8, 4) is 0 Å². The molecule has 0 aliphatic heterocycles. The van der Waals surface area contributed by atoms with Crippen molar-refractivity contribution in [2.45, 2.75) is 101 Å². The third-order valence-electron chi connectivity index (χ3n) is 7.32. The molecule has 1 atom stereocenters. The summed E-state index contributed by atoms with van der Waals surface area (Å²) >= 11 is 0. The number of ether oxygens (including phenoxy) is 2. The lowest BCUT2D eigenvalue weighted by atomic mass is 9.90. The summed E-state index contributed by atoms with van der Waals surface area (Å²) in [5.41, 5.74) is -3.26. The molecule has 216 valence electrons. The van der Waals surface area contributed by atoms with Gasteiger partial charge in [-0.2, -0.15) is 13.2 Å². The predicted molar refractivity (Wildman–Crippen MR) is 134 cm³/mol. The molecule has 39 heavy (non-hydrogen) atoms. The fourth-order valence-electron chi connectivity index (χ4n) is 5.19. The number of urea groups is 1. The maximum Gasteiger partial charge on any atom is 0.423 e. The first-order valence-corrected chi connectivity index (χ1v) is 13.3. The summed E-state index contributed by atoms with van der Waals surface area (Å²) < 4.78 is 52.9. The van der Waals surface area contributed by atoms with Gasteiger partial charge in [0.1, 0.15) is 6.61 Å². The summed E-state index contributed by atoms with van der Waals surface area (Å²) in [7, 11) is 0.721. The van der Waals surface area contributed by atoms with Crippen LogP contribution in [-0.2, 0) is 25.7 Å². The molecule has 2 fully saturated rings. The second-order valence-electron chi connectivity index (χ2n) is 10.1. The van der Waals surface area contributed by atoms with E-state index in [1.165, 1.54) is 0 Å². The highest BCUT2D eigenvalue weighted by molar-refractivity contribution is 5.99. The van der Waals surface area contributed by atoms with Gasteiger partial charge in [0.25, 0.3) is 0 Å². The standard InChI is InChI=1S/C27H36F3N3O6/c1-38-23(35)26(27(28,29)30,32-25(37)39-18-19-11-5-2-6-12-19)17-22(34)33(21-15-9-4-10-16-21)24(36)31-20-13-7-3-8-14-20/h2,5-6,11-12,20-21H,3-4,7-10,13-18H2,1H3,(H,31,36)(H,32,37). The molecule has 0 radical (unpaired) electrons. The topological polar surface area (TPSA) is 114 Å². The van der Waals surface area contributed by atoms with Crippen LogP contribution in [-0.4, -0.2) is 59.8 Å². The number of alkyl carbamates (subject to hydrolysis) is 1. The van der Waals surface area contributed by atoms with E-state index in [0.717, 1.165) is 37.7 Å². The molecule has 4 amide bonds. The summed E-state index contributed by atoms with van der Waals surface area (Å²) in [5.74, 6) is -3.13. The number of carbonyl (C=O) groups excluding carboxylic acids is 4. The number of alkyl halides is 3. The highest BCUT2D eigenvalue weighted by Crippen LogP contribution is 2.36. The number of nitrogens with zero attached hydrogens (tertiary/aromatic N) is 1. The molecular weight excluding hydrogens is 519 g/mol. The minimum absolute atomic E-state index is 0.191. The van der Waals surface area contributed by atoms with Gasteiger partial charge in [0.15, 0.2) is 0 Å². The van der Waals surface area contributed by atoms with Crippen LogP contribution in [0.25, 0.3) is 0 Å². The molecule has 9 nitrogen and oxygen atoms in total. The van der Waals surface area contributed by atoms with E-state index < -0.39 is 48.2 Å². The van der Waals surface area contributed by atoms with Gasteiger partial charge >= 0.3 is 24.3 Å². The number of rotatable bonds is 8. The number of benzene rings is 1. The third kappa shape index (κ3) is 7.86. The first kappa shape index (κ1) is 30.2. The Bertz CT molecular complexity index is 994. The molecule has 1 aromatic rings. The van der Waals surface area contributed by atoms with Crippen molar-refractivity contribution < 1.29 is 41.8 Å². The van der Waals surface area contributed by atoms with E-state index >= 15 is 0 Å². The van der Waals surface area contributed by atoms with Crippen molar-refractivity contribution in [3.05, 3.63) is 35.9 Å². The van der Waals surface area contributed by atoms with Crippen LogP contribution in [0.2, 0.25) is 0 Å². The lowest BCUT2D eigenvalue weighted by Crippen LogP contribution is -2.67. The average Bonchev–Trinajstić information content (AvgIpc) is 2.92. The number of imide groups is 1. The van der Waals surface area contributed by atoms with Gasteiger partial charge in [0, 0.05) is 12.1 Å². The van der Waals surface area contributed by atoms with E-state index in [9.17, 15) is 32.3 Å².